The molecule has 0 saturated carbocycles. The summed E-state index contributed by atoms with van der Waals surface area (Å²) in [6.45, 7) is 2.19. The van der Waals surface area contributed by atoms with Gasteiger partial charge in [-0.1, -0.05) is 60.7 Å². The van der Waals surface area contributed by atoms with Gasteiger partial charge in [0.2, 0.25) is 5.91 Å². The van der Waals surface area contributed by atoms with Gasteiger partial charge in [0.1, 0.15) is 18.9 Å². The first kappa shape index (κ1) is 24.8. The highest BCUT2D eigenvalue weighted by Crippen LogP contribution is 2.47. The van der Waals surface area contributed by atoms with Crippen molar-refractivity contribution in [1.82, 2.24) is 10.2 Å². The van der Waals surface area contributed by atoms with Gasteiger partial charge in [0.25, 0.3) is 0 Å². The van der Waals surface area contributed by atoms with Crippen LogP contribution in [0.2, 0.25) is 0 Å². The molecule has 2 heterocycles. The van der Waals surface area contributed by atoms with E-state index in [2.05, 4.69) is 5.32 Å². The number of rotatable bonds is 10. The number of alkyl carbamates (subject to hydrolysis) is 1. The molecule has 9 heteroatoms. The van der Waals surface area contributed by atoms with E-state index in [4.69, 9.17) is 9.47 Å². The van der Waals surface area contributed by atoms with Crippen molar-refractivity contribution in [1.29, 1.82) is 0 Å². The fourth-order valence-electron chi connectivity index (χ4n) is 4.24. The number of amides is 2. The molecule has 0 bridgehead atoms. The Morgan fingerprint density at radius 3 is 2.26 bits per heavy atom. The van der Waals surface area contributed by atoms with Crippen LogP contribution in [0.1, 0.15) is 24.5 Å². The average Bonchev–Trinajstić information content (AvgIpc) is 3.19. The first-order chi connectivity index (χ1) is 17.0. The summed E-state index contributed by atoms with van der Waals surface area (Å²) in [5, 5.41) is 12.7. The van der Waals surface area contributed by atoms with E-state index in [0.29, 0.717) is 18.7 Å². The van der Waals surface area contributed by atoms with Crippen LogP contribution in [-0.2, 0) is 32.3 Å². The zero-order chi connectivity index (χ0) is 24.8. The fraction of sp³-hybridized carbons (Fsp3) is 0.346. The second kappa shape index (κ2) is 11.4. The molecule has 2 aliphatic rings. The maximum absolute atomic E-state index is 13.0. The summed E-state index contributed by atoms with van der Waals surface area (Å²) in [7, 11) is 0. The third-order valence-electron chi connectivity index (χ3n) is 5.95. The minimum absolute atomic E-state index is 0.0997. The predicted molar refractivity (Wildman–Crippen MR) is 131 cm³/mol. The fourth-order valence-corrected chi connectivity index (χ4v) is 5.30. The van der Waals surface area contributed by atoms with Crippen LogP contribution in [0.15, 0.2) is 71.3 Å². The number of thioether (sulfide) groups is 1. The van der Waals surface area contributed by atoms with Gasteiger partial charge >= 0.3 is 12.1 Å². The van der Waals surface area contributed by atoms with Gasteiger partial charge in [0, 0.05) is 23.6 Å². The lowest BCUT2D eigenvalue weighted by atomic mass is 9.83. The van der Waals surface area contributed by atoms with Gasteiger partial charge in [-0.05, 0) is 18.1 Å². The number of aliphatic hydroxyl groups excluding tert-OH is 1. The van der Waals surface area contributed by atoms with Crippen LogP contribution in [-0.4, -0.2) is 52.4 Å². The van der Waals surface area contributed by atoms with Crippen molar-refractivity contribution in [2.75, 3.05) is 12.3 Å². The van der Waals surface area contributed by atoms with E-state index in [9.17, 15) is 19.5 Å². The summed E-state index contributed by atoms with van der Waals surface area (Å²) in [6.07, 6.45) is -0.846. The molecule has 2 N–H and O–H groups in total. The summed E-state index contributed by atoms with van der Waals surface area (Å²) in [5.74, 6) is -0.878. The van der Waals surface area contributed by atoms with E-state index in [1.807, 2.05) is 60.7 Å². The number of β-lactam (4-membered cyclic amide) rings is 1. The van der Waals surface area contributed by atoms with Gasteiger partial charge in [-0.2, -0.15) is 0 Å². The Hall–Kier alpha value is -3.30. The highest BCUT2D eigenvalue weighted by molar-refractivity contribution is 8.03. The largest absolute Gasteiger partial charge is 0.456 e. The Labute approximate surface area is 208 Å². The van der Waals surface area contributed by atoms with Crippen LogP contribution in [0.4, 0.5) is 4.79 Å². The second-order valence-corrected chi connectivity index (χ2v) is 9.61. The van der Waals surface area contributed by atoms with Crippen LogP contribution in [0, 0.1) is 5.92 Å². The number of aliphatic hydroxyl groups is 1. The molecule has 35 heavy (non-hydrogen) atoms. The molecule has 8 nitrogen and oxygen atoms in total. The number of carbonyl (C=O) groups is 3. The summed E-state index contributed by atoms with van der Waals surface area (Å²) in [4.78, 5) is 39.8. The molecule has 0 aromatic heterocycles. The van der Waals surface area contributed by atoms with Crippen LogP contribution < -0.4 is 5.32 Å². The van der Waals surface area contributed by atoms with Crippen molar-refractivity contribution < 1.29 is 29.0 Å². The maximum Gasteiger partial charge on any atom is 0.407 e. The van der Waals surface area contributed by atoms with Gasteiger partial charge in [-0.15, -0.1) is 11.8 Å². The van der Waals surface area contributed by atoms with Gasteiger partial charge in [-0.3, -0.25) is 4.79 Å². The van der Waals surface area contributed by atoms with Crippen molar-refractivity contribution >= 4 is 29.7 Å². The quantitative estimate of drug-likeness (QED) is 0.296. The molecular weight excluding hydrogens is 468 g/mol. The van der Waals surface area contributed by atoms with Crippen molar-refractivity contribution in [2.24, 2.45) is 5.92 Å². The van der Waals surface area contributed by atoms with E-state index >= 15 is 0 Å². The Kier molecular flexibility index (Phi) is 8.09. The van der Waals surface area contributed by atoms with Crippen molar-refractivity contribution in [2.45, 2.75) is 38.7 Å². The van der Waals surface area contributed by atoms with Crippen LogP contribution in [0.5, 0.6) is 0 Å². The summed E-state index contributed by atoms with van der Waals surface area (Å²) in [6, 6.07) is 18.5. The first-order valence-corrected chi connectivity index (χ1v) is 12.5. The van der Waals surface area contributed by atoms with E-state index in [-0.39, 0.29) is 30.9 Å². The molecule has 3 atom stereocenters. The Balaban J connectivity index is 1.33. The molecule has 0 spiro atoms. The zero-order valence-corrected chi connectivity index (χ0v) is 20.2. The summed E-state index contributed by atoms with van der Waals surface area (Å²) < 4.78 is 10.7. The molecular formula is C26H28N2O6S. The third-order valence-corrected chi connectivity index (χ3v) is 7.07. The molecule has 0 aliphatic carbocycles. The van der Waals surface area contributed by atoms with Crippen LogP contribution >= 0.6 is 11.8 Å². The smallest absolute Gasteiger partial charge is 0.407 e. The highest BCUT2D eigenvalue weighted by atomic mass is 32.2. The Morgan fingerprint density at radius 2 is 1.66 bits per heavy atom. The normalized spacial score (nSPS) is 19.6. The molecule has 0 radical (unpaired) electrons. The van der Waals surface area contributed by atoms with E-state index in [0.717, 1.165) is 16.0 Å². The topological polar surface area (TPSA) is 105 Å². The number of ether oxygens (including phenoxy) is 2. The zero-order valence-electron chi connectivity index (χ0n) is 19.4. The molecule has 2 amide bonds. The second-order valence-electron chi connectivity index (χ2n) is 8.42. The maximum atomic E-state index is 13.0. The Bertz CT molecular complexity index is 1090. The number of hydrogen-bond donors (Lipinski definition) is 2. The number of benzene rings is 2. The lowest BCUT2D eigenvalue weighted by Crippen LogP contribution is -2.61. The summed E-state index contributed by atoms with van der Waals surface area (Å²) >= 11 is 1.39. The number of hydrogen-bond acceptors (Lipinski definition) is 7. The predicted octanol–water partition coefficient (Wildman–Crippen LogP) is 3.21. The molecule has 4 rings (SSSR count). The van der Waals surface area contributed by atoms with Crippen molar-refractivity contribution in [3.8, 4) is 0 Å². The SMILES string of the molecule is C[C@@H](O)[C@H]1C(=O)N2C(C(=O)OCc3ccccc3)=C(SCCNC(=O)OCc3ccccc3)C[C@H]12. The van der Waals surface area contributed by atoms with Crippen LogP contribution in [0.3, 0.4) is 0 Å². The van der Waals surface area contributed by atoms with Crippen molar-refractivity contribution in [3.63, 3.8) is 0 Å². The molecule has 184 valence electrons. The van der Waals surface area contributed by atoms with Gasteiger partial charge in [0.15, 0.2) is 0 Å². The molecule has 2 aliphatic heterocycles. The lowest BCUT2D eigenvalue weighted by Gasteiger charge is -2.44. The minimum Gasteiger partial charge on any atom is -0.456 e. The van der Waals surface area contributed by atoms with Gasteiger partial charge in [-0.25, -0.2) is 9.59 Å². The first-order valence-electron chi connectivity index (χ1n) is 11.5. The summed E-state index contributed by atoms with van der Waals surface area (Å²) in [5.41, 5.74) is 1.98. The van der Waals surface area contributed by atoms with E-state index in [1.54, 1.807) is 6.92 Å². The Morgan fingerprint density at radius 1 is 1.06 bits per heavy atom. The average molecular weight is 497 g/mol. The van der Waals surface area contributed by atoms with Gasteiger partial charge < -0.3 is 24.8 Å². The number of nitrogens with zero attached hydrogens (tertiary/aromatic N) is 1. The number of esters is 1. The minimum atomic E-state index is -0.796. The molecule has 0 unspecified atom stereocenters. The third kappa shape index (κ3) is 5.86. The highest BCUT2D eigenvalue weighted by Gasteiger charge is 2.57. The molecule has 2 aromatic rings. The van der Waals surface area contributed by atoms with Crippen molar-refractivity contribution in [3.05, 3.63) is 82.4 Å². The van der Waals surface area contributed by atoms with E-state index < -0.39 is 24.1 Å². The lowest BCUT2D eigenvalue weighted by molar-refractivity contribution is -0.162. The molecule has 1 fully saturated rings. The molecule has 1 saturated heterocycles. The molecule has 2 aromatic carbocycles. The number of carbonyl (C=O) groups excluding carboxylic acids is 3. The van der Waals surface area contributed by atoms with E-state index in [1.165, 1.54) is 16.7 Å². The monoisotopic (exact) mass is 496 g/mol. The number of nitrogens with one attached hydrogen (secondary N) is 1. The van der Waals surface area contributed by atoms with Crippen LogP contribution in [0.25, 0.3) is 0 Å². The number of fused-ring (bicyclic) bond motifs is 1. The standard InChI is InChI=1S/C26H28N2O6S/c1-17(29)22-20-14-21(35-13-12-27-26(32)34-16-19-10-6-3-7-11-19)23(28(20)24(22)30)25(31)33-15-18-8-4-2-5-9-18/h2-11,17,20,22,29H,12-16H2,1H3,(H,27,32)/t17-,20-,22-/m1/s1. The van der Waals surface area contributed by atoms with Gasteiger partial charge in [0.05, 0.1) is 18.1 Å².